The molecule has 0 atom stereocenters. The van der Waals surface area contributed by atoms with E-state index in [0.29, 0.717) is 21.7 Å². The minimum Gasteiger partial charge on any atom is -0.451 e. The quantitative estimate of drug-likeness (QED) is 0.180. The van der Waals surface area contributed by atoms with E-state index in [2.05, 4.69) is 20.8 Å². The van der Waals surface area contributed by atoms with E-state index in [-0.39, 0.29) is 27.9 Å². The fourth-order valence-electron chi connectivity index (χ4n) is 3.47. The van der Waals surface area contributed by atoms with Crippen LogP contribution in [0.25, 0.3) is 28.0 Å². The number of halogens is 1. The van der Waals surface area contributed by atoms with Crippen LogP contribution in [0.3, 0.4) is 0 Å². The first-order chi connectivity index (χ1) is 17.4. The Morgan fingerprint density at radius 1 is 1.00 bits per heavy atom. The third-order valence-electron chi connectivity index (χ3n) is 5.13. The molecule has 0 aliphatic heterocycles. The lowest BCUT2D eigenvalue weighted by Crippen LogP contribution is -2.33. The molecule has 178 valence electrons. The van der Waals surface area contributed by atoms with Crippen LogP contribution >= 0.6 is 23.8 Å². The smallest absolute Gasteiger partial charge is 0.293 e. The van der Waals surface area contributed by atoms with Crippen molar-refractivity contribution in [1.82, 2.24) is 20.3 Å². The van der Waals surface area contributed by atoms with Crippen LogP contribution in [0.5, 0.6) is 0 Å². The summed E-state index contributed by atoms with van der Waals surface area (Å²) in [5.74, 6) is -0.523. The molecule has 0 saturated carbocycles. The van der Waals surface area contributed by atoms with Gasteiger partial charge in [0.25, 0.3) is 11.6 Å². The summed E-state index contributed by atoms with van der Waals surface area (Å²) in [6.45, 7) is 0. The lowest BCUT2D eigenvalue weighted by molar-refractivity contribution is -0.384. The first-order valence-corrected chi connectivity index (χ1v) is 11.3. The van der Waals surface area contributed by atoms with E-state index in [1.165, 1.54) is 29.1 Å². The Hall–Kier alpha value is -4.61. The molecule has 0 saturated heterocycles. The number of fused-ring (bicyclic) bond motifs is 1. The third-order valence-corrected chi connectivity index (χ3v) is 5.64. The first kappa shape index (κ1) is 23.1. The van der Waals surface area contributed by atoms with E-state index >= 15 is 0 Å². The number of benzene rings is 3. The van der Waals surface area contributed by atoms with E-state index in [4.69, 9.17) is 28.2 Å². The summed E-state index contributed by atoms with van der Waals surface area (Å²) in [5, 5.41) is 25.9. The Bertz CT molecular complexity index is 1630. The molecule has 0 spiro atoms. The zero-order valence-electron chi connectivity index (χ0n) is 18.2. The molecule has 5 aromatic rings. The second kappa shape index (κ2) is 9.56. The molecule has 2 aromatic heterocycles. The van der Waals surface area contributed by atoms with Crippen molar-refractivity contribution in [3.8, 4) is 17.0 Å². The SMILES string of the molecule is O=C(NC(=S)Nc1cc2nn(-c3ccccc3)nc2cc1Cl)c1ccc(-c2ccccc2[N+](=O)[O-])o1. The summed E-state index contributed by atoms with van der Waals surface area (Å²) in [6, 6.07) is 21.7. The maximum Gasteiger partial charge on any atom is 0.293 e. The monoisotopic (exact) mass is 518 g/mol. The minimum absolute atomic E-state index is 0.0275. The van der Waals surface area contributed by atoms with Gasteiger partial charge in [-0.25, -0.2) is 0 Å². The predicted octanol–water partition coefficient (Wildman–Crippen LogP) is 5.37. The maximum absolute atomic E-state index is 12.6. The van der Waals surface area contributed by atoms with Crippen molar-refractivity contribution in [2.24, 2.45) is 0 Å². The molecule has 5 rings (SSSR count). The number of nitro groups is 1. The van der Waals surface area contributed by atoms with E-state index < -0.39 is 10.8 Å². The second-order valence-corrected chi connectivity index (χ2v) is 8.31. The summed E-state index contributed by atoms with van der Waals surface area (Å²) in [6.07, 6.45) is 0. The lowest BCUT2D eigenvalue weighted by Gasteiger charge is -2.10. The van der Waals surface area contributed by atoms with Crippen molar-refractivity contribution < 1.29 is 14.1 Å². The molecule has 0 fully saturated rings. The predicted molar refractivity (Wildman–Crippen MR) is 138 cm³/mol. The number of hydrogen-bond donors (Lipinski definition) is 2. The number of carbonyl (C=O) groups excluding carboxylic acids is 1. The van der Waals surface area contributed by atoms with Crippen molar-refractivity contribution in [3.63, 3.8) is 0 Å². The molecular formula is C24H15ClN6O4S. The van der Waals surface area contributed by atoms with Gasteiger partial charge in [-0.05, 0) is 54.7 Å². The number of thiocarbonyl (C=S) groups is 1. The molecule has 0 unspecified atom stereocenters. The molecule has 0 bridgehead atoms. The van der Waals surface area contributed by atoms with Gasteiger partial charge in [0.1, 0.15) is 16.8 Å². The number of para-hydroxylation sites is 2. The van der Waals surface area contributed by atoms with Gasteiger partial charge in [-0.15, -0.1) is 10.2 Å². The average molecular weight is 519 g/mol. The van der Waals surface area contributed by atoms with Crippen LogP contribution in [-0.4, -0.2) is 30.9 Å². The zero-order valence-corrected chi connectivity index (χ0v) is 19.8. The second-order valence-electron chi connectivity index (χ2n) is 7.49. The van der Waals surface area contributed by atoms with Crippen LogP contribution in [0.1, 0.15) is 10.6 Å². The van der Waals surface area contributed by atoms with Crippen LogP contribution in [0, 0.1) is 10.1 Å². The lowest BCUT2D eigenvalue weighted by atomic mass is 10.1. The van der Waals surface area contributed by atoms with Gasteiger partial charge >= 0.3 is 0 Å². The van der Waals surface area contributed by atoms with Gasteiger partial charge in [-0.3, -0.25) is 20.2 Å². The summed E-state index contributed by atoms with van der Waals surface area (Å²) in [4.78, 5) is 24.9. The molecule has 10 nitrogen and oxygen atoms in total. The summed E-state index contributed by atoms with van der Waals surface area (Å²) in [5.41, 5.74) is 2.49. The number of anilines is 1. The first-order valence-electron chi connectivity index (χ1n) is 10.5. The topological polar surface area (TPSA) is 128 Å². The highest BCUT2D eigenvalue weighted by atomic mass is 35.5. The standard InChI is InChI=1S/C24H15ClN6O4S/c25-16-12-18-19(29-30(28-18)14-6-2-1-3-7-14)13-17(16)26-24(36)27-23(32)22-11-10-21(35-22)15-8-4-5-9-20(15)31(33)34/h1-13H,(H2,26,27,32,36). The Kier molecular flexibility index (Phi) is 6.15. The van der Waals surface area contributed by atoms with Gasteiger partial charge in [0.05, 0.1) is 26.9 Å². The van der Waals surface area contributed by atoms with E-state index in [0.717, 1.165) is 5.69 Å². The molecule has 2 heterocycles. The van der Waals surface area contributed by atoms with E-state index in [9.17, 15) is 14.9 Å². The molecular weight excluding hydrogens is 504 g/mol. The normalized spacial score (nSPS) is 10.8. The molecule has 36 heavy (non-hydrogen) atoms. The van der Waals surface area contributed by atoms with Crippen LogP contribution in [0.15, 0.2) is 83.3 Å². The number of furan rings is 1. The molecule has 3 aromatic carbocycles. The number of nitrogens with zero attached hydrogens (tertiary/aromatic N) is 4. The Morgan fingerprint density at radius 2 is 1.69 bits per heavy atom. The number of aromatic nitrogens is 3. The number of amides is 1. The fourth-order valence-corrected chi connectivity index (χ4v) is 3.88. The highest BCUT2D eigenvalue weighted by molar-refractivity contribution is 7.80. The highest BCUT2D eigenvalue weighted by Crippen LogP contribution is 2.31. The molecule has 0 radical (unpaired) electrons. The third kappa shape index (κ3) is 4.65. The van der Waals surface area contributed by atoms with Crippen molar-refractivity contribution in [2.45, 2.75) is 0 Å². The molecule has 2 N–H and O–H groups in total. The summed E-state index contributed by atoms with van der Waals surface area (Å²) >= 11 is 11.6. The summed E-state index contributed by atoms with van der Waals surface area (Å²) < 4.78 is 5.55. The van der Waals surface area contributed by atoms with Crippen molar-refractivity contribution in [1.29, 1.82) is 0 Å². The van der Waals surface area contributed by atoms with Gasteiger partial charge in [0, 0.05) is 6.07 Å². The van der Waals surface area contributed by atoms with Crippen molar-refractivity contribution >= 4 is 57.2 Å². The van der Waals surface area contributed by atoms with E-state index in [1.54, 1.807) is 24.3 Å². The molecule has 0 aliphatic rings. The van der Waals surface area contributed by atoms with Crippen molar-refractivity contribution in [3.05, 3.63) is 99.8 Å². The van der Waals surface area contributed by atoms with Crippen LogP contribution in [0.4, 0.5) is 11.4 Å². The Morgan fingerprint density at radius 3 is 2.44 bits per heavy atom. The van der Waals surface area contributed by atoms with Crippen LogP contribution in [0.2, 0.25) is 5.02 Å². The van der Waals surface area contributed by atoms with Gasteiger partial charge in [0.15, 0.2) is 10.9 Å². The number of nitrogens with one attached hydrogen (secondary N) is 2. The Labute approximate surface area is 213 Å². The molecule has 0 aliphatic carbocycles. The van der Waals surface area contributed by atoms with Gasteiger partial charge in [0.2, 0.25) is 0 Å². The van der Waals surface area contributed by atoms with E-state index in [1.807, 2.05) is 30.3 Å². The largest absolute Gasteiger partial charge is 0.451 e. The zero-order chi connectivity index (χ0) is 25.2. The van der Waals surface area contributed by atoms with Gasteiger partial charge < -0.3 is 9.73 Å². The molecule has 1 amide bonds. The fraction of sp³-hybridized carbons (Fsp3) is 0. The Balaban J connectivity index is 1.31. The minimum atomic E-state index is -0.635. The molecule has 12 heteroatoms. The van der Waals surface area contributed by atoms with Gasteiger partial charge in [-0.1, -0.05) is 41.9 Å². The summed E-state index contributed by atoms with van der Waals surface area (Å²) in [7, 11) is 0. The maximum atomic E-state index is 12.6. The highest BCUT2D eigenvalue weighted by Gasteiger charge is 2.20. The average Bonchev–Trinajstić information content (AvgIpc) is 3.52. The number of hydrogen-bond acceptors (Lipinski definition) is 7. The van der Waals surface area contributed by atoms with Crippen molar-refractivity contribution in [2.75, 3.05) is 5.32 Å². The number of rotatable bonds is 5. The van der Waals surface area contributed by atoms with Crippen LogP contribution < -0.4 is 10.6 Å². The number of nitro benzene ring substituents is 1. The number of carbonyl (C=O) groups is 1. The van der Waals surface area contributed by atoms with Crippen LogP contribution in [-0.2, 0) is 0 Å². The van der Waals surface area contributed by atoms with Gasteiger partial charge in [-0.2, -0.15) is 4.80 Å².